The molecule has 0 bridgehead atoms. The van der Waals surface area contributed by atoms with Gasteiger partial charge in [-0.1, -0.05) is 12.1 Å². The van der Waals surface area contributed by atoms with E-state index in [0.717, 1.165) is 11.3 Å². The van der Waals surface area contributed by atoms with Gasteiger partial charge in [0.05, 0.1) is 7.11 Å². The van der Waals surface area contributed by atoms with E-state index in [0.29, 0.717) is 55.2 Å². The summed E-state index contributed by atoms with van der Waals surface area (Å²) in [7, 11) is 1.63. The van der Waals surface area contributed by atoms with Crippen LogP contribution in [0.4, 0.5) is 4.79 Å². The van der Waals surface area contributed by atoms with Gasteiger partial charge in [0.1, 0.15) is 11.3 Å². The van der Waals surface area contributed by atoms with E-state index in [1.807, 2.05) is 24.3 Å². The minimum Gasteiger partial charge on any atom is -0.497 e. The second kappa shape index (κ2) is 8.22. The number of carbonyl (C=O) groups is 2. The number of benzene rings is 2. The number of fused-ring (bicyclic) bond motifs is 1. The smallest absolute Gasteiger partial charge is 0.317 e. The summed E-state index contributed by atoms with van der Waals surface area (Å²) in [6.07, 6.45) is 0.554. The van der Waals surface area contributed by atoms with Crippen LogP contribution in [0, 0.1) is 0 Å². The van der Waals surface area contributed by atoms with Gasteiger partial charge in [-0.25, -0.2) is 9.78 Å². The van der Waals surface area contributed by atoms with Crippen LogP contribution in [0.3, 0.4) is 0 Å². The zero-order chi connectivity index (χ0) is 20.2. The first-order chi connectivity index (χ1) is 14.1. The average molecular weight is 394 g/mol. The van der Waals surface area contributed by atoms with E-state index in [1.54, 1.807) is 30.2 Å². The molecule has 0 radical (unpaired) electrons. The number of hydrogen-bond acceptors (Lipinski definition) is 5. The third kappa shape index (κ3) is 4.31. The van der Waals surface area contributed by atoms with Crippen molar-refractivity contribution in [2.45, 2.75) is 6.42 Å². The van der Waals surface area contributed by atoms with Crippen LogP contribution in [0.5, 0.6) is 5.75 Å². The van der Waals surface area contributed by atoms with Crippen molar-refractivity contribution in [2.24, 2.45) is 0 Å². The Kier molecular flexibility index (Phi) is 5.33. The second-order valence-corrected chi connectivity index (χ2v) is 6.79. The lowest BCUT2D eigenvalue weighted by molar-refractivity contribution is 0.0950. The molecule has 29 heavy (non-hydrogen) atoms. The lowest BCUT2D eigenvalue weighted by Crippen LogP contribution is -2.36. The molecule has 2 heterocycles. The third-order valence-electron chi connectivity index (χ3n) is 4.82. The van der Waals surface area contributed by atoms with Gasteiger partial charge in [-0.05, 0) is 35.9 Å². The first-order valence-electron chi connectivity index (χ1n) is 9.46. The van der Waals surface area contributed by atoms with Crippen LogP contribution in [0.15, 0.2) is 46.9 Å². The number of carbonyl (C=O) groups excluding carboxylic acids is 2. The summed E-state index contributed by atoms with van der Waals surface area (Å²) in [5.74, 6) is 1.18. The minimum absolute atomic E-state index is 0.0910. The van der Waals surface area contributed by atoms with Gasteiger partial charge in [0.2, 0.25) is 0 Å². The van der Waals surface area contributed by atoms with Gasteiger partial charge < -0.3 is 24.7 Å². The molecule has 1 aliphatic rings. The fourth-order valence-electron chi connectivity index (χ4n) is 3.24. The Labute approximate surface area is 167 Å². The van der Waals surface area contributed by atoms with E-state index in [9.17, 15) is 9.59 Å². The van der Waals surface area contributed by atoms with Crippen LogP contribution >= 0.6 is 0 Å². The first-order valence-corrected chi connectivity index (χ1v) is 9.46. The number of nitrogens with one attached hydrogen (secondary N) is 2. The number of urea groups is 1. The summed E-state index contributed by atoms with van der Waals surface area (Å²) in [5.41, 5.74) is 2.83. The molecular formula is C21H22N4O4. The Morgan fingerprint density at radius 1 is 1.28 bits per heavy atom. The predicted molar refractivity (Wildman–Crippen MR) is 107 cm³/mol. The maximum atomic E-state index is 12.4. The molecule has 8 heteroatoms. The molecule has 1 saturated heterocycles. The highest BCUT2D eigenvalue weighted by atomic mass is 16.5. The van der Waals surface area contributed by atoms with Crippen LogP contribution in [-0.2, 0) is 6.42 Å². The Morgan fingerprint density at radius 3 is 2.83 bits per heavy atom. The molecule has 2 N–H and O–H groups in total. The summed E-state index contributed by atoms with van der Waals surface area (Å²) in [5, 5.41) is 5.57. The summed E-state index contributed by atoms with van der Waals surface area (Å²) >= 11 is 0. The molecule has 1 aromatic heterocycles. The van der Waals surface area contributed by atoms with E-state index in [1.165, 1.54) is 0 Å². The van der Waals surface area contributed by atoms with Crippen LogP contribution in [-0.4, -0.2) is 55.1 Å². The predicted octanol–water partition coefficient (Wildman–Crippen LogP) is 2.18. The molecule has 0 saturated carbocycles. The molecule has 150 valence electrons. The third-order valence-corrected chi connectivity index (χ3v) is 4.82. The monoisotopic (exact) mass is 394 g/mol. The lowest BCUT2D eigenvalue weighted by Gasteiger charge is -2.14. The zero-order valence-corrected chi connectivity index (χ0v) is 16.1. The average Bonchev–Trinajstić information content (AvgIpc) is 3.33. The Hall–Kier alpha value is -3.55. The number of methoxy groups -OCH3 is 1. The van der Waals surface area contributed by atoms with Gasteiger partial charge in [-0.3, -0.25) is 4.79 Å². The molecule has 8 nitrogen and oxygen atoms in total. The van der Waals surface area contributed by atoms with E-state index >= 15 is 0 Å². The van der Waals surface area contributed by atoms with Crippen molar-refractivity contribution < 1.29 is 18.7 Å². The molecule has 1 aliphatic heterocycles. The van der Waals surface area contributed by atoms with E-state index in [-0.39, 0.29) is 11.9 Å². The zero-order valence-electron chi connectivity index (χ0n) is 16.1. The van der Waals surface area contributed by atoms with Crippen LogP contribution in [0.2, 0.25) is 0 Å². The van der Waals surface area contributed by atoms with Gasteiger partial charge in [0, 0.05) is 38.2 Å². The van der Waals surface area contributed by atoms with Crippen molar-refractivity contribution in [3.63, 3.8) is 0 Å². The molecule has 0 unspecified atom stereocenters. The van der Waals surface area contributed by atoms with E-state index < -0.39 is 0 Å². The van der Waals surface area contributed by atoms with Gasteiger partial charge in [0.25, 0.3) is 5.91 Å². The molecule has 0 atom stereocenters. The highest BCUT2D eigenvalue weighted by molar-refractivity contribution is 5.97. The van der Waals surface area contributed by atoms with Crippen LogP contribution < -0.4 is 15.4 Å². The molecule has 3 amide bonds. The minimum atomic E-state index is -0.209. The molecule has 4 rings (SSSR count). The van der Waals surface area contributed by atoms with E-state index in [4.69, 9.17) is 9.15 Å². The second-order valence-electron chi connectivity index (χ2n) is 6.79. The summed E-state index contributed by atoms with van der Waals surface area (Å²) in [6.45, 7) is 2.18. The molecular weight excluding hydrogens is 372 g/mol. The Morgan fingerprint density at radius 2 is 2.10 bits per heavy atom. The summed E-state index contributed by atoms with van der Waals surface area (Å²) in [6, 6.07) is 12.8. The normalized spacial score (nSPS) is 13.6. The maximum Gasteiger partial charge on any atom is 0.317 e. The standard InChI is InChI=1S/C21H22N4O4/c1-28-16-5-2-14(3-6-16)12-19-24-17-7-4-15(13-18(17)29-19)20(26)22-8-10-25-11-9-23-21(25)27/h2-7,13H,8-12H2,1H3,(H,22,26)(H,23,27). The summed E-state index contributed by atoms with van der Waals surface area (Å²) in [4.78, 5) is 30.1. The Bertz CT molecular complexity index is 1030. The van der Waals surface area contributed by atoms with Crippen molar-refractivity contribution in [1.82, 2.24) is 20.5 Å². The van der Waals surface area contributed by atoms with Crippen LogP contribution in [0.1, 0.15) is 21.8 Å². The number of ether oxygens (including phenoxy) is 1. The Balaban J connectivity index is 1.39. The quantitative estimate of drug-likeness (QED) is 0.640. The van der Waals surface area contributed by atoms with Gasteiger partial charge in [0.15, 0.2) is 11.5 Å². The number of amides is 3. The number of oxazole rings is 1. The highest BCUT2D eigenvalue weighted by Crippen LogP contribution is 2.20. The van der Waals surface area contributed by atoms with Gasteiger partial charge in [-0.2, -0.15) is 0 Å². The number of rotatable bonds is 7. The number of hydrogen-bond donors (Lipinski definition) is 2. The van der Waals surface area contributed by atoms with Crippen molar-refractivity contribution in [3.05, 3.63) is 59.5 Å². The SMILES string of the molecule is COc1ccc(Cc2nc3ccc(C(=O)NCCN4CCNC4=O)cc3o2)cc1. The van der Waals surface area contributed by atoms with Crippen molar-refractivity contribution in [3.8, 4) is 5.75 Å². The van der Waals surface area contributed by atoms with Gasteiger partial charge >= 0.3 is 6.03 Å². The lowest BCUT2D eigenvalue weighted by atomic mass is 10.1. The molecule has 2 aromatic carbocycles. The molecule has 1 fully saturated rings. The number of nitrogens with zero attached hydrogens (tertiary/aromatic N) is 2. The molecule has 0 aliphatic carbocycles. The number of aromatic nitrogens is 1. The topological polar surface area (TPSA) is 96.7 Å². The summed E-state index contributed by atoms with van der Waals surface area (Å²) < 4.78 is 11.0. The molecule has 3 aromatic rings. The molecule has 0 spiro atoms. The fourth-order valence-corrected chi connectivity index (χ4v) is 3.24. The van der Waals surface area contributed by atoms with Crippen molar-refractivity contribution in [1.29, 1.82) is 0 Å². The largest absolute Gasteiger partial charge is 0.497 e. The van der Waals surface area contributed by atoms with Gasteiger partial charge in [-0.15, -0.1) is 0 Å². The maximum absolute atomic E-state index is 12.4. The fraction of sp³-hybridized carbons (Fsp3) is 0.286. The van der Waals surface area contributed by atoms with Crippen molar-refractivity contribution >= 4 is 23.0 Å². The van der Waals surface area contributed by atoms with Crippen LogP contribution in [0.25, 0.3) is 11.1 Å². The van der Waals surface area contributed by atoms with Crippen molar-refractivity contribution in [2.75, 3.05) is 33.3 Å². The first kappa shape index (κ1) is 18.8. The highest BCUT2D eigenvalue weighted by Gasteiger charge is 2.19. The van der Waals surface area contributed by atoms with E-state index in [2.05, 4.69) is 15.6 Å².